The largest absolute Gasteiger partial charge is 0.344 e. The standard InChI is InChI=1S/C12H17BrN4/c1-9-12(13)11(16(3)15-9)8-17-6-4-5-10(17)7-14-2/h4-6,14H,7-8H2,1-3H3. The first kappa shape index (κ1) is 12.4. The molecule has 1 N–H and O–H groups in total. The van der Waals surface area contributed by atoms with Crippen LogP contribution in [0.2, 0.25) is 0 Å². The molecule has 0 unspecified atom stereocenters. The van der Waals surface area contributed by atoms with Gasteiger partial charge in [0.2, 0.25) is 0 Å². The van der Waals surface area contributed by atoms with Crippen molar-refractivity contribution in [2.24, 2.45) is 7.05 Å². The number of rotatable bonds is 4. The zero-order valence-electron chi connectivity index (χ0n) is 10.4. The molecule has 92 valence electrons. The second kappa shape index (κ2) is 5.06. The highest BCUT2D eigenvalue weighted by atomic mass is 79.9. The fraction of sp³-hybridized carbons (Fsp3) is 0.417. The molecular weight excluding hydrogens is 280 g/mol. The van der Waals surface area contributed by atoms with Crippen LogP contribution in [-0.4, -0.2) is 21.4 Å². The summed E-state index contributed by atoms with van der Waals surface area (Å²) in [7, 11) is 3.94. The van der Waals surface area contributed by atoms with Crippen LogP contribution in [0.4, 0.5) is 0 Å². The molecule has 0 aliphatic heterocycles. The highest BCUT2D eigenvalue weighted by Gasteiger charge is 2.11. The second-order valence-corrected chi connectivity index (χ2v) is 4.92. The molecule has 5 heteroatoms. The van der Waals surface area contributed by atoms with E-state index in [1.807, 2.05) is 25.7 Å². The molecule has 2 heterocycles. The molecule has 0 saturated carbocycles. The van der Waals surface area contributed by atoms with E-state index in [4.69, 9.17) is 0 Å². The Kier molecular flexibility index (Phi) is 3.69. The number of nitrogens with zero attached hydrogens (tertiary/aromatic N) is 3. The van der Waals surface area contributed by atoms with Crippen molar-refractivity contribution in [2.45, 2.75) is 20.0 Å². The molecule has 0 spiro atoms. The van der Waals surface area contributed by atoms with Gasteiger partial charge in [-0.25, -0.2) is 0 Å². The van der Waals surface area contributed by atoms with Gasteiger partial charge in [0.1, 0.15) is 0 Å². The summed E-state index contributed by atoms with van der Waals surface area (Å²) in [5.74, 6) is 0. The maximum Gasteiger partial charge on any atom is 0.0739 e. The lowest BCUT2D eigenvalue weighted by Gasteiger charge is -2.09. The number of hydrogen-bond acceptors (Lipinski definition) is 2. The van der Waals surface area contributed by atoms with Crippen molar-refractivity contribution in [3.05, 3.63) is 39.9 Å². The van der Waals surface area contributed by atoms with Gasteiger partial charge in [0, 0.05) is 25.5 Å². The van der Waals surface area contributed by atoms with E-state index in [1.165, 1.54) is 11.4 Å². The van der Waals surface area contributed by atoms with Gasteiger partial charge in [-0.05, 0) is 42.0 Å². The molecule has 2 aromatic rings. The molecule has 0 atom stereocenters. The van der Waals surface area contributed by atoms with Gasteiger partial charge in [-0.3, -0.25) is 4.68 Å². The lowest BCUT2D eigenvalue weighted by molar-refractivity contribution is 0.634. The molecule has 0 aliphatic carbocycles. The Morgan fingerprint density at radius 1 is 1.47 bits per heavy atom. The predicted octanol–water partition coefficient (Wildman–Crippen LogP) is 2.06. The fourth-order valence-corrected chi connectivity index (χ4v) is 2.42. The fourth-order valence-electron chi connectivity index (χ4n) is 1.96. The third-order valence-corrected chi connectivity index (χ3v) is 3.89. The second-order valence-electron chi connectivity index (χ2n) is 4.13. The van der Waals surface area contributed by atoms with Crippen LogP contribution in [0.15, 0.2) is 22.8 Å². The third-order valence-electron chi connectivity index (χ3n) is 2.86. The zero-order valence-corrected chi connectivity index (χ0v) is 12.0. The Hall–Kier alpha value is -1.07. The van der Waals surface area contributed by atoms with Crippen LogP contribution in [-0.2, 0) is 20.1 Å². The first-order valence-corrected chi connectivity index (χ1v) is 6.39. The highest BCUT2D eigenvalue weighted by Crippen LogP contribution is 2.21. The summed E-state index contributed by atoms with van der Waals surface area (Å²) in [6.45, 7) is 3.72. The normalized spacial score (nSPS) is 11.1. The minimum atomic E-state index is 0.835. The van der Waals surface area contributed by atoms with Crippen molar-refractivity contribution in [3.8, 4) is 0 Å². The summed E-state index contributed by atoms with van der Waals surface area (Å²) in [6.07, 6.45) is 2.10. The van der Waals surface area contributed by atoms with Crippen molar-refractivity contribution in [3.63, 3.8) is 0 Å². The van der Waals surface area contributed by atoms with E-state index in [1.54, 1.807) is 0 Å². The van der Waals surface area contributed by atoms with Gasteiger partial charge in [0.15, 0.2) is 0 Å². The third kappa shape index (κ3) is 2.45. The van der Waals surface area contributed by atoms with Gasteiger partial charge in [0.05, 0.1) is 22.4 Å². The van der Waals surface area contributed by atoms with Gasteiger partial charge in [-0.2, -0.15) is 5.10 Å². The van der Waals surface area contributed by atoms with Crippen LogP contribution in [0.5, 0.6) is 0 Å². The van der Waals surface area contributed by atoms with Crippen LogP contribution in [0.3, 0.4) is 0 Å². The molecule has 17 heavy (non-hydrogen) atoms. The molecule has 2 aromatic heterocycles. The van der Waals surface area contributed by atoms with Crippen LogP contribution < -0.4 is 5.32 Å². The van der Waals surface area contributed by atoms with Gasteiger partial charge in [-0.1, -0.05) is 0 Å². The minimum absolute atomic E-state index is 0.835. The van der Waals surface area contributed by atoms with E-state index in [9.17, 15) is 0 Å². The molecule has 0 amide bonds. The van der Waals surface area contributed by atoms with Crippen LogP contribution in [0, 0.1) is 6.92 Å². The van der Waals surface area contributed by atoms with E-state index in [0.717, 1.165) is 23.3 Å². The molecule has 0 radical (unpaired) electrons. The summed E-state index contributed by atoms with van der Waals surface area (Å²) >= 11 is 3.60. The average Bonchev–Trinajstić information content (AvgIpc) is 2.81. The molecule has 4 nitrogen and oxygen atoms in total. The Morgan fingerprint density at radius 3 is 2.82 bits per heavy atom. The van der Waals surface area contributed by atoms with E-state index < -0.39 is 0 Å². The van der Waals surface area contributed by atoms with Gasteiger partial charge in [0.25, 0.3) is 0 Å². The Balaban J connectivity index is 2.28. The maximum absolute atomic E-state index is 4.41. The molecule has 0 saturated heterocycles. The molecular formula is C12H17BrN4. The average molecular weight is 297 g/mol. The smallest absolute Gasteiger partial charge is 0.0739 e. The number of aromatic nitrogens is 3. The number of nitrogens with one attached hydrogen (secondary N) is 1. The lowest BCUT2D eigenvalue weighted by Crippen LogP contribution is -2.13. The van der Waals surface area contributed by atoms with Gasteiger partial charge in [-0.15, -0.1) is 0 Å². The van der Waals surface area contributed by atoms with Crippen molar-refractivity contribution >= 4 is 15.9 Å². The van der Waals surface area contributed by atoms with Crippen LogP contribution in [0.25, 0.3) is 0 Å². The Morgan fingerprint density at radius 2 is 2.24 bits per heavy atom. The molecule has 2 rings (SSSR count). The van der Waals surface area contributed by atoms with E-state index in [0.29, 0.717) is 0 Å². The topological polar surface area (TPSA) is 34.8 Å². The SMILES string of the molecule is CNCc1cccn1Cc1c(Br)c(C)nn1C. The molecule has 0 aromatic carbocycles. The van der Waals surface area contributed by atoms with E-state index in [-0.39, 0.29) is 0 Å². The predicted molar refractivity (Wildman–Crippen MR) is 71.9 cm³/mol. The number of hydrogen-bond donors (Lipinski definition) is 1. The zero-order chi connectivity index (χ0) is 12.4. The summed E-state index contributed by atoms with van der Waals surface area (Å²) in [5, 5.41) is 7.58. The summed E-state index contributed by atoms with van der Waals surface area (Å²) in [6, 6.07) is 4.21. The van der Waals surface area contributed by atoms with Crippen molar-refractivity contribution < 1.29 is 0 Å². The van der Waals surface area contributed by atoms with Crippen molar-refractivity contribution in [1.29, 1.82) is 0 Å². The Labute approximate surface area is 110 Å². The summed E-state index contributed by atoms with van der Waals surface area (Å²) in [4.78, 5) is 0. The maximum atomic E-state index is 4.41. The summed E-state index contributed by atoms with van der Waals surface area (Å²) in [5.41, 5.74) is 3.50. The minimum Gasteiger partial charge on any atom is -0.344 e. The number of halogens is 1. The van der Waals surface area contributed by atoms with Crippen LogP contribution >= 0.6 is 15.9 Å². The first-order valence-electron chi connectivity index (χ1n) is 5.60. The van der Waals surface area contributed by atoms with Crippen molar-refractivity contribution in [1.82, 2.24) is 19.7 Å². The lowest BCUT2D eigenvalue weighted by atomic mass is 10.3. The molecule has 0 aliphatic rings. The van der Waals surface area contributed by atoms with Crippen LogP contribution in [0.1, 0.15) is 17.1 Å². The van der Waals surface area contributed by atoms with E-state index >= 15 is 0 Å². The monoisotopic (exact) mass is 296 g/mol. The Bertz CT molecular complexity index is 513. The summed E-state index contributed by atoms with van der Waals surface area (Å²) < 4.78 is 5.27. The quantitative estimate of drug-likeness (QED) is 0.937. The molecule has 0 bridgehead atoms. The van der Waals surface area contributed by atoms with Gasteiger partial charge >= 0.3 is 0 Å². The number of aryl methyl sites for hydroxylation is 2. The first-order chi connectivity index (χ1) is 8.13. The molecule has 0 fully saturated rings. The highest BCUT2D eigenvalue weighted by molar-refractivity contribution is 9.10. The van der Waals surface area contributed by atoms with Gasteiger partial charge < -0.3 is 9.88 Å². The van der Waals surface area contributed by atoms with E-state index in [2.05, 4.69) is 49.2 Å². The van der Waals surface area contributed by atoms with Crippen molar-refractivity contribution in [2.75, 3.05) is 7.05 Å².